The van der Waals surface area contributed by atoms with Gasteiger partial charge in [-0.15, -0.1) is 0 Å². The van der Waals surface area contributed by atoms with Gasteiger partial charge in [-0.25, -0.2) is 0 Å². The molecule has 0 aliphatic rings. The third-order valence-electron chi connectivity index (χ3n) is 3.46. The molecule has 5 nitrogen and oxygen atoms in total. The summed E-state index contributed by atoms with van der Waals surface area (Å²) in [5.74, 6) is 0.859. The van der Waals surface area contributed by atoms with Crippen LogP contribution in [-0.4, -0.2) is 24.0 Å². The molecule has 0 aliphatic heterocycles. The van der Waals surface area contributed by atoms with E-state index in [4.69, 9.17) is 9.47 Å². The topological polar surface area (TPSA) is 48.3 Å². The Balaban J connectivity index is 2.04. The van der Waals surface area contributed by atoms with Crippen LogP contribution in [0.5, 0.6) is 5.75 Å². The average molecular weight is 289 g/mol. The van der Waals surface area contributed by atoms with Crippen LogP contribution in [-0.2, 0) is 24.9 Å². The molecule has 0 spiro atoms. The maximum absolute atomic E-state index is 5.35. The first kappa shape index (κ1) is 15.5. The molecule has 0 saturated heterocycles. The van der Waals surface area contributed by atoms with Crippen molar-refractivity contribution in [2.24, 2.45) is 7.05 Å². The first-order valence-electron chi connectivity index (χ1n) is 7.01. The molecule has 2 rings (SSSR count). The second kappa shape index (κ2) is 7.24. The van der Waals surface area contributed by atoms with E-state index < -0.39 is 0 Å². The minimum absolute atomic E-state index is 0.230. The van der Waals surface area contributed by atoms with Crippen molar-refractivity contribution in [2.75, 3.05) is 14.2 Å². The molecule has 114 valence electrons. The number of benzene rings is 1. The first-order valence-corrected chi connectivity index (χ1v) is 7.01. The first-order chi connectivity index (χ1) is 10.1. The number of hydrogen-bond acceptors (Lipinski definition) is 4. The van der Waals surface area contributed by atoms with Gasteiger partial charge in [0.25, 0.3) is 0 Å². The lowest BCUT2D eigenvalue weighted by molar-refractivity contribution is 0.181. The summed E-state index contributed by atoms with van der Waals surface area (Å²) in [6, 6.07) is 8.44. The molecule has 0 bridgehead atoms. The molecule has 0 radical (unpaired) electrons. The fourth-order valence-corrected chi connectivity index (χ4v) is 2.27. The van der Waals surface area contributed by atoms with E-state index in [1.165, 1.54) is 5.56 Å². The Hall–Kier alpha value is -1.85. The van der Waals surface area contributed by atoms with Gasteiger partial charge in [0.1, 0.15) is 5.75 Å². The van der Waals surface area contributed by atoms with Crippen LogP contribution in [0.25, 0.3) is 0 Å². The van der Waals surface area contributed by atoms with Crippen molar-refractivity contribution in [1.29, 1.82) is 0 Å². The Morgan fingerprint density at radius 3 is 2.71 bits per heavy atom. The van der Waals surface area contributed by atoms with Gasteiger partial charge in [-0.3, -0.25) is 4.68 Å². The van der Waals surface area contributed by atoms with E-state index in [1.54, 1.807) is 14.2 Å². The van der Waals surface area contributed by atoms with Crippen molar-refractivity contribution in [2.45, 2.75) is 26.1 Å². The SMILES string of the molecule is COCc1cc(C(C)NCc2ccn(C)n2)ccc1OC. The maximum atomic E-state index is 5.35. The second-order valence-electron chi connectivity index (χ2n) is 5.09. The fourth-order valence-electron chi connectivity index (χ4n) is 2.27. The Bertz CT molecular complexity index is 581. The van der Waals surface area contributed by atoms with Crippen molar-refractivity contribution in [3.8, 4) is 5.75 Å². The molecule has 2 aromatic rings. The van der Waals surface area contributed by atoms with Gasteiger partial charge in [-0.05, 0) is 30.7 Å². The number of methoxy groups -OCH3 is 2. The third-order valence-corrected chi connectivity index (χ3v) is 3.46. The number of aryl methyl sites for hydroxylation is 1. The van der Waals surface area contributed by atoms with Crippen LogP contribution >= 0.6 is 0 Å². The monoisotopic (exact) mass is 289 g/mol. The van der Waals surface area contributed by atoms with Crippen LogP contribution in [0, 0.1) is 0 Å². The average Bonchev–Trinajstić information content (AvgIpc) is 2.90. The van der Waals surface area contributed by atoms with Crippen LogP contribution in [0.2, 0.25) is 0 Å². The van der Waals surface area contributed by atoms with Crippen LogP contribution in [0.1, 0.15) is 29.8 Å². The summed E-state index contributed by atoms with van der Waals surface area (Å²) in [6.45, 7) is 3.43. The normalized spacial score (nSPS) is 12.4. The summed E-state index contributed by atoms with van der Waals surface area (Å²) >= 11 is 0. The van der Waals surface area contributed by atoms with E-state index in [9.17, 15) is 0 Å². The predicted octanol–water partition coefficient (Wildman–Crippen LogP) is 2.43. The van der Waals surface area contributed by atoms with Crippen LogP contribution in [0.3, 0.4) is 0 Å². The summed E-state index contributed by atoms with van der Waals surface area (Å²) in [5.41, 5.74) is 3.30. The Morgan fingerprint density at radius 1 is 1.29 bits per heavy atom. The number of aromatic nitrogens is 2. The van der Waals surface area contributed by atoms with Crippen molar-refractivity contribution in [3.63, 3.8) is 0 Å². The largest absolute Gasteiger partial charge is 0.496 e. The number of nitrogens with zero attached hydrogens (tertiary/aromatic N) is 2. The highest BCUT2D eigenvalue weighted by Gasteiger charge is 2.10. The van der Waals surface area contributed by atoms with Gasteiger partial charge in [0, 0.05) is 38.5 Å². The molecule has 0 fully saturated rings. The quantitative estimate of drug-likeness (QED) is 0.850. The van der Waals surface area contributed by atoms with Crippen molar-refractivity contribution in [1.82, 2.24) is 15.1 Å². The number of ether oxygens (including phenoxy) is 2. The van der Waals surface area contributed by atoms with E-state index in [0.717, 1.165) is 23.6 Å². The summed E-state index contributed by atoms with van der Waals surface area (Å²) in [5, 5.41) is 7.84. The van der Waals surface area contributed by atoms with Crippen LogP contribution in [0.4, 0.5) is 0 Å². The zero-order valence-corrected chi connectivity index (χ0v) is 13.1. The van der Waals surface area contributed by atoms with E-state index in [0.29, 0.717) is 6.61 Å². The molecule has 1 aromatic heterocycles. The predicted molar refractivity (Wildman–Crippen MR) is 82.2 cm³/mol. The summed E-state index contributed by atoms with van der Waals surface area (Å²) in [6.07, 6.45) is 1.95. The molecule has 1 N–H and O–H groups in total. The molecule has 0 aliphatic carbocycles. The minimum atomic E-state index is 0.230. The Morgan fingerprint density at radius 2 is 2.10 bits per heavy atom. The Labute approximate surface area is 125 Å². The summed E-state index contributed by atoms with van der Waals surface area (Å²) < 4.78 is 12.4. The van der Waals surface area contributed by atoms with Gasteiger partial charge in [0.05, 0.1) is 19.4 Å². The van der Waals surface area contributed by atoms with Crippen molar-refractivity contribution >= 4 is 0 Å². The third kappa shape index (κ3) is 4.06. The summed E-state index contributed by atoms with van der Waals surface area (Å²) in [7, 11) is 5.29. The lowest BCUT2D eigenvalue weighted by atomic mass is 10.0. The standard InChI is InChI=1S/C16H23N3O2/c1-12(17-10-15-7-8-19(2)18-15)13-5-6-16(21-4)14(9-13)11-20-3/h5-9,12,17H,10-11H2,1-4H3. The zero-order valence-electron chi connectivity index (χ0n) is 13.1. The van der Waals surface area contributed by atoms with Crippen LogP contribution in [0.15, 0.2) is 30.5 Å². The van der Waals surface area contributed by atoms with E-state index in [2.05, 4.69) is 29.5 Å². The maximum Gasteiger partial charge on any atom is 0.124 e. The number of nitrogens with one attached hydrogen (secondary N) is 1. The molecular weight excluding hydrogens is 266 g/mol. The van der Waals surface area contributed by atoms with Gasteiger partial charge in [0.2, 0.25) is 0 Å². The highest BCUT2D eigenvalue weighted by molar-refractivity contribution is 5.38. The van der Waals surface area contributed by atoms with Crippen molar-refractivity contribution in [3.05, 3.63) is 47.3 Å². The van der Waals surface area contributed by atoms with E-state index in [-0.39, 0.29) is 6.04 Å². The number of rotatable bonds is 7. The molecule has 1 unspecified atom stereocenters. The second-order valence-corrected chi connectivity index (χ2v) is 5.09. The highest BCUT2D eigenvalue weighted by atomic mass is 16.5. The van der Waals surface area contributed by atoms with Gasteiger partial charge in [0.15, 0.2) is 0 Å². The molecular formula is C16H23N3O2. The smallest absolute Gasteiger partial charge is 0.124 e. The van der Waals surface area contributed by atoms with E-state index in [1.807, 2.05) is 30.1 Å². The molecule has 0 saturated carbocycles. The molecule has 1 atom stereocenters. The lowest BCUT2D eigenvalue weighted by Crippen LogP contribution is -2.18. The van der Waals surface area contributed by atoms with Gasteiger partial charge in [-0.1, -0.05) is 6.07 Å². The van der Waals surface area contributed by atoms with Gasteiger partial charge in [-0.2, -0.15) is 5.10 Å². The van der Waals surface area contributed by atoms with Gasteiger partial charge < -0.3 is 14.8 Å². The lowest BCUT2D eigenvalue weighted by Gasteiger charge is -2.16. The molecule has 0 amide bonds. The fraction of sp³-hybridized carbons (Fsp3) is 0.438. The Kier molecular flexibility index (Phi) is 5.36. The number of hydrogen-bond donors (Lipinski definition) is 1. The minimum Gasteiger partial charge on any atom is -0.496 e. The highest BCUT2D eigenvalue weighted by Crippen LogP contribution is 2.24. The zero-order chi connectivity index (χ0) is 15.2. The van der Waals surface area contributed by atoms with Crippen LogP contribution < -0.4 is 10.1 Å². The van der Waals surface area contributed by atoms with Gasteiger partial charge >= 0.3 is 0 Å². The summed E-state index contributed by atoms with van der Waals surface area (Å²) in [4.78, 5) is 0. The van der Waals surface area contributed by atoms with Crippen molar-refractivity contribution < 1.29 is 9.47 Å². The van der Waals surface area contributed by atoms with E-state index >= 15 is 0 Å². The molecule has 1 heterocycles. The molecule has 5 heteroatoms. The molecule has 21 heavy (non-hydrogen) atoms. The molecule has 1 aromatic carbocycles.